The maximum absolute atomic E-state index is 5.44. The third-order valence-corrected chi connectivity index (χ3v) is 2.45. The molecular weight excluding hydrogens is 244 g/mol. The van der Waals surface area contributed by atoms with Gasteiger partial charge in [0.15, 0.2) is 5.82 Å². The molecule has 0 saturated heterocycles. The lowest BCUT2D eigenvalue weighted by Gasteiger charge is -2.01. The molecule has 72 valence electrons. The van der Waals surface area contributed by atoms with Gasteiger partial charge in [0.2, 0.25) is 5.95 Å². The van der Waals surface area contributed by atoms with Crippen LogP contribution in [0.15, 0.2) is 22.7 Å². The van der Waals surface area contributed by atoms with E-state index in [-0.39, 0.29) is 5.95 Å². The van der Waals surface area contributed by atoms with Crippen LogP contribution in [0.3, 0.4) is 0 Å². The number of aromatic amines is 1. The van der Waals surface area contributed by atoms with Gasteiger partial charge in [-0.1, -0.05) is 22.0 Å². The highest BCUT2D eigenvalue weighted by Gasteiger charge is 2.06. The van der Waals surface area contributed by atoms with Gasteiger partial charge in [0.25, 0.3) is 0 Å². The van der Waals surface area contributed by atoms with Crippen LogP contribution in [0.5, 0.6) is 0 Å². The highest BCUT2D eigenvalue weighted by molar-refractivity contribution is 9.10. The number of nitrogens with one attached hydrogen (secondary N) is 1. The highest BCUT2D eigenvalue weighted by Crippen LogP contribution is 2.23. The Morgan fingerprint density at radius 1 is 1.43 bits per heavy atom. The average molecular weight is 253 g/mol. The summed E-state index contributed by atoms with van der Waals surface area (Å²) >= 11 is 3.41. The topological polar surface area (TPSA) is 67.6 Å². The summed E-state index contributed by atoms with van der Waals surface area (Å²) in [5, 5.41) is 6.57. The number of nitrogen functional groups attached to an aromatic ring is 1. The Bertz CT molecular complexity index is 464. The molecule has 1 aromatic heterocycles. The number of hydrogen-bond donors (Lipinski definition) is 2. The number of hydrogen-bond acceptors (Lipinski definition) is 3. The van der Waals surface area contributed by atoms with Gasteiger partial charge in [-0.25, -0.2) is 0 Å². The minimum Gasteiger partial charge on any atom is -0.366 e. The Morgan fingerprint density at radius 2 is 2.21 bits per heavy atom. The highest BCUT2D eigenvalue weighted by atomic mass is 79.9. The van der Waals surface area contributed by atoms with E-state index in [1.165, 1.54) is 0 Å². The zero-order valence-electron chi connectivity index (χ0n) is 7.58. The van der Waals surface area contributed by atoms with Crippen molar-refractivity contribution < 1.29 is 0 Å². The van der Waals surface area contributed by atoms with Crippen molar-refractivity contribution in [2.24, 2.45) is 0 Å². The lowest BCUT2D eigenvalue weighted by atomic mass is 10.1. The average Bonchev–Trinajstić information content (AvgIpc) is 2.56. The zero-order valence-corrected chi connectivity index (χ0v) is 9.17. The van der Waals surface area contributed by atoms with E-state index >= 15 is 0 Å². The fourth-order valence-electron chi connectivity index (χ4n) is 1.24. The summed E-state index contributed by atoms with van der Waals surface area (Å²) in [5.41, 5.74) is 7.57. The third-order valence-electron chi connectivity index (χ3n) is 1.96. The number of benzene rings is 1. The van der Waals surface area contributed by atoms with Gasteiger partial charge in [-0.2, -0.15) is 4.98 Å². The van der Waals surface area contributed by atoms with Crippen LogP contribution in [0.2, 0.25) is 0 Å². The monoisotopic (exact) mass is 252 g/mol. The van der Waals surface area contributed by atoms with Gasteiger partial charge in [-0.15, -0.1) is 5.10 Å². The second-order valence-corrected chi connectivity index (χ2v) is 3.92. The van der Waals surface area contributed by atoms with Crippen molar-refractivity contribution >= 4 is 21.9 Å². The van der Waals surface area contributed by atoms with Crippen LogP contribution in [0.1, 0.15) is 5.56 Å². The van der Waals surface area contributed by atoms with Crippen LogP contribution in [0, 0.1) is 6.92 Å². The second kappa shape index (κ2) is 3.42. The van der Waals surface area contributed by atoms with Crippen molar-refractivity contribution in [1.82, 2.24) is 15.2 Å². The summed E-state index contributed by atoms with van der Waals surface area (Å²) in [6.45, 7) is 2.01. The maximum Gasteiger partial charge on any atom is 0.239 e. The van der Waals surface area contributed by atoms with Gasteiger partial charge >= 0.3 is 0 Å². The largest absolute Gasteiger partial charge is 0.366 e. The Hall–Kier alpha value is -1.36. The van der Waals surface area contributed by atoms with Gasteiger partial charge in [0.1, 0.15) is 0 Å². The fraction of sp³-hybridized carbons (Fsp3) is 0.111. The summed E-state index contributed by atoms with van der Waals surface area (Å²) in [4.78, 5) is 4.07. The molecule has 1 heterocycles. The number of aryl methyl sites for hydroxylation is 1. The molecule has 0 spiro atoms. The van der Waals surface area contributed by atoms with Crippen LogP contribution in [-0.2, 0) is 0 Å². The predicted octanol–water partition coefficient (Wildman–Crippen LogP) is 2.12. The Labute approximate surface area is 89.7 Å². The van der Waals surface area contributed by atoms with Gasteiger partial charge < -0.3 is 5.73 Å². The predicted molar refractivity (Wildman–Crippen MR) is 58.7 cm³/mol. The molecule has 4 nitrogen and oxygen atoms in total. The lowest BCUT2D eigenvalue weighted by Crippen LogP contribution is -1.87. The Morgan fingerprint density at radius 3 is 2.86 bits per heavy atom. The molecule has 2 rings (SSSR count). The lowest BCUT2D eigenvalue weighted by molar-refractivity contribution is 1.10. The summed E-state index contributed by atoms with van der Waals surface area (Å²) in [7, 11) is 0. The molecule has 2 aromatic rings. The summed E-state index contributed by atoms with van der Waals surface area (Å²) in [5.74, 6) is 0.959. The van der Waals surface area contributed by atoms with E-state index in [1.54, 1.807) is 0 Å². The van der Waals surface area contributed by atoms with Gasteiger partial charge in [0.05, 0.1) is 0 Å². The third kappa shape index (κ3) is 1.63. The summed E-state index contributed by atoms with van der Waals surface area (Å²) in [6, 6.07) is 5.98. The van der Waals surface area contributed by atoms with Crippen LogP contribution < -0.4 is 5.73 Å². The molecule has 3 N–H and O–H groups in total. The SMILES string of the molecule is Cc1ccc(Br)cc1-c1nc(N)n[nH]1. The first-order valence-corrected chi connectivity index (χ1v) is 4.90. The molecular formula is C9H9BrN4. The van der Waals surface area contributed by atoms with Crippen molar-refractivity contribution in [3.63, 3.8) is 0 Å². The minimum atomic E-state index is 0.263. The van der Waals surface area contributed by atoms with Crippen LogP contribution in [0.25, 0.3) is 11.4 Å². The maximum atomic E-state index is 5.44. The first-order valence-electron chi connectivity index (χ1n) is 4.11. The molecule has 0 aliphatic rings. The van der Waals surface area contributed by atoms with Gasteiger partial charge in [0, 0.05) is 10.0 Å². The molecule has 0 aliphatic heterocycles. The van der Waals surface area contributed by atoms with Crippen LogP contribution in [0.4, 0.5) is 5.95 Å². The van der Waals surface area contributed by atoms with Gasteiger partial charge in [-0.05, 0) is 24.6 Å². The molecule has 0 bridgehead atoms. The van der Waals surface area contributed by atoms with Crippen molar-refractivity contribution in [3.05, 3.63) is 28.2 Å². The molecule has 0 aliphatic carbocycles. The van der Waals surface area contributed by atoms with E-state index in [0.29, 0.717) is 5.82 Å². The first-order chi connectivity index (χ1) is 6.66. The molecule has 5 heteroatoms. The van der Waals surface area contributed by atoms with Gasteiger partial charge in [-0.3, -0.25) is 5.10 Å². The molecule has 0 saturated carbocycles. The van der Waals surface area contributed by atoms with Crippen molar-refractivity contribution in [3.8, 4) is 11.4 Å². The van der Waals surface area contributed by atoms with E-state index < -0.39 is 0 Å². The number of anilines is 1. The second-order valence-electron chi connectivity index (χ2n) is 3.00. The standard InChI is InChI=1S/C9H9BrN4/c1-5-2-3-6(10)4-7(5)8-12-9(11)14-13-8/h2-4H,1H3,(H3,11,12,13,14). The van der Waals surface area contributed by atoms with Crippen molar-refractivity contribution in [2.75, 3.05) is 5.73 Å². The number of nitrogens with zero attached hydrogens (tertiary/aromatic N) is 2. The number of H-pyrrole nitrogens is 1. The van der Waals surface area contributed by atoms with E-state index in [4.69, 9.17) is 5.73 Å². The Kier molecular flexibility index (Phi) is 2.25. The summed E-state index contributed by atoms with van der Waals surface area (Å²) < 4.78 is 1.01. The van der Waals surface area contributed by atoms with E-state index in [2.05, 4.69) is 31.1 Å². The molecule has 1 aromatic carbocycles. The quantitative estimate of drug-likeness (QED) is 0.817. The summed E-state index contributed by atoms with van der Waals surface area (Å²) in [6.07, 6.45) is 0. The fourth-order valence-corrected chi connectivity index (χ4v) is 1.61. The van der Waals surface area contributed by atoms with Crippen LogP contribution >= 0.6 is 15.9 Å². The number of nitrogens with two attached hydrogens (primary N) is 1. The smallest absolute Gasteiger partial charge is 0.239 e. The molecule has 14 heavy (non-hydrogen) atoms. The zero-order chi connectivity index (χ0) is 10.1. The first kappa shape index (κ1) is 9.21. The minimum absolute atomic E-state index is 0.263. The molecule has 0 atom stereocenters. The molecule has 0 fully saturated rings. The normalized spacial score (nSPS) is 10.4. The number of halogens is 1. The van der Waals surface area contributed by atoms with Crippen molar-refractivity contribution in [1.29, 1.82) is 0 Å². The number of aromatic nitrogens is 3. The van der Waals surface area contributed by atoms with Crippen LogP contribution in [-0.4, -0.2) is 15.2 Å². The molecule has 0 amide bonds. The van der Waals surface area contributed by atoms with E-state index in [9.17, 15) is 0 Å². The van der Waals surface area contributed by atoms with E-state index in [1.807, 2.05) is 25.1 Å². The molecule has 0 unspecified atom stereocenters. The number of rotatable bonds is 1. The van der Waals surface area contributed by atoms with E-state index in [0.717, 1.165) is 15.6 Å². The Balaban J connectivity index is 2.55. The molecule has 0 radical (unpaired) electrons. The van der Waals surface area contributed by atoms with Crippen molar-refractivity contribution in [2.45, 2.75) is 6.92 Å².